The molecule has 0 aromatic heterocycles. The Kier molecular flexibility index (Phi) is 8.51. The smallest absolute Gasteiger partial charge is 0.264 e. The quantitative estimate of drug-likeness (QED) is 0.238. The highest BCUT2D eigenvalue weighted by atomic mass is 35.5. The van der Waals surface area contributed by atoms with E-state index in [2.05, 4.69) is 0 Å². The fraction of sp³-hybridized carbons (Fsp3) is 0.432. The summed E-state index contributed by atoms with van der Waals surface area (Å²) in [6.07, 6.45) is 0.903. The van der Waals surface area contributed by atoms with Crippen LogP contribution in [0.1, 0.15) is 48.4 Å². The van der Waals surface area contributed by atoms with Crippen molar-refractivity contribution in [1.82, 2.24) is 4.90 Å². The lowest BCUT2D eigenvalue weighted by atomic mass is 9.82. The van der Waals surface area contributed by atoms with Crippen molar-refractivity contribution in [3.63, 3.8) is 0 Å². The Bertz CT molecular complexity index is 1780. The molecule has 3 aromatic carbocycles. The van der Waals surface area contributed by atoms with E-state index >= 15 is 4.11 Å². The Morgan fingerprint density at radius 2 is 1.85 bits per heavy atom. The van der Waals surface area contributed by atoms with Crippen LogP contribution >= 0.6 is 11.6 Å². The number of rotatable bonds is 7. The molecule has 3 amide bonds. The SMILES string of the molecule is C[C@H]1[C@H]([Si](C)(C)F)[C@@H](CC(=O)N2Cc3ccccc3C[C@H]2CO)O[C@]12C(=O)N(Cc1cccc(N3CCCC3=O)c1)c1ccc(Cl)cc12. The van der Waals surface area contributed by atoms with Crippen LogP contribution in [0.15, 0.2) is 66.7 Å². The van der Waals surface area contributed by atoms with Gasteiger partial charge < -0.3 is 28.7 Å². The topological polar surface area (TPSA) is 90.4 Å². The van der Waals surface area contributed by atoms with E-state index in [0.717, 1.165) is 28.8 Å². The Morgan fingerprint density at radius 1 is 1.08 bits per heavy atom. The number of benzene rings is 3. The van der Waals surface area contributed by atoms with Gasteiger partial charge in [-0.15, -0.1) is 0 Å². The highest BCUT2D eigenvalue weighted by molar-refractivity contribution is 6.72. The van der Waals surface area contributed by atoms with Crippen LogP contribution in [-0.2, 0) is 44.2 Å². The van der Waals surface area contributed by atoms with Crippen LogP contribution in [-0.4, -0.2) is 61.4 Å². The molecule has 3 aromatic rings. The molecule has 252 valence electrons. The lowest BCUT2D eigenvalue weighted by Gasteiger charge is -2.37. The van der Waals surface area contributed by atoms with Gasteiger partial charge in [0.2, 0.25) is 20.2 Å². The maximum atomic E-state index is 16.4. The third kappa shape index (κ3) is 5.47. The normalized spacial score (nSPS) is 26.8. The number of anilines is 2. The van der Waals surface area contributed by atoms with Crippen LogP contribution in [0, 0.1) is 5.92 Å². The van der Waals surface area contributed by atoms with Crippen molar-refractivity contribution in [2.45, 2.75) is 82.1 Å². The predicted octanol–water partition coefficient (Wildman–Crippen LogP) is 6.12. The largest absolute Gasteiger partial charge is 0.394 e. The minimum atomic E-state index is -3.52. The Balaban J connectivity index is 1.22. The van der Waals surface area contributed by atoms with Crippen molar-refractivity contribution in [2.24, 2.45) is 5.92 Å². The van der Waals surface area contributed by atoms with Crippen LogP contribution in [0.2, 0.25) is 23.7 Å². The van der Waals surface area contributed by atoms with E-state index in [0.29, 0.717) is 42.2 Å². The first-order valence-electron chi connectivity index (χ1n) is 16.8. The van der Waals surface area contributed by atoms with Gasteiger partial charge in [-0.25, -0.2) is 0 Å². The summed E-state index contributed by atoms with van der Waals surface area (Å²) in [4.78, 5) is 46.4. The lowest BCUT2D eigenvalue weighted by molar-refractivity contribution is -0.151. The molecule has 0 radical (unpaired) electrons. The minimum Gasteiger partial charge on any atom is -0.394 e. The summed E-state index contributed by atoms with van der Waals surface area (Å²) >= 11 is 6.54. The van der Waals surface area contributed by atoms with E-state index in [1.54, 1.807) is 46.0 Å². The predicted molar refractivity (Wildman–Crippen MR) is 185 cm³/mol. The number of carbonyl (C=O) groups excluding carboxylic acids is 3. The molecule has 7 rings (SSSR count). The summed E-state index contributed by atoms with van der Waals surface area (Å²) in [6, 6.07) is 20.4. The third-order valence-corrected chi connectivity index (χ3v) is 13.5. The van der Waals surface area contributed by atoms with Gasteiger partial charge in [-0.05, 0) is 73.0 Å². The zero-order valence-corrected chi connectivity index (χ0v) is 29.3. The van der Waals surface area contributed by atoms with Gasteiger partial charge >= 0.3 is 0 Å². The summed E-state index contributed by atoms with van der Waals surface area (Å²) in [6.45, 7) is 6.13. The first-order valence-corrected chi connectivity index (χ1v) is 20.1. The molecule has 11 heteroatoms. The summed E-state index contributed by atoms with van der Waals surface area (Å²) in [5, 5.41) is 10.7. The molecular formula is C37H41ClFN3O5Si. The van der Waals surface area contributed by atoms with Crippen LogP contribution in [0.25, 0.3) is 0 Å². The summed E-state index contributed by atoms with van der Waals surface area (Å²) in [7, 11) is -3.52. The minimum absolute atomic E-state index is 0.0835. The van der Waals surface area contributed by atoms with E-state index in [1.807, 2.05) is 55.5 Å². The van der Waals surface area contributed by atoms with Gasteiger partial charge in [0, 0.05) is 47.2 Å². The molecule has 4 aliphatic heterocycles. The monoisotopic (exact) mass is 689 g/mol. The molecule has 2 saturated heterocycles. The first kappa shape index (κ1) is 32.9. The van der Waals surface area contributed by atoms with Crippen molar-refractivity contribution in [2.75, 3.05) is 23.0 Å². The molecule has 2 fully saturated rings. The van der Waals surface area contributed by atoms with Gasteiger partial charge in [-0.3, -0.25) is 14.4 Å². The maximum absolute atomic E-state index is 16.4. The summed E-state index contributed by atoms with van der Waals surface area (Å²) in [5.41, 5.74) is 2.78. The molecule has 4 aliphatic rings. The number of carbonyl (C=O) groups is 3. The summed E-state index contributed by atoms with van der Waals surface area (Å²) < 4.78 is 23.2. The zero-order valence-electron chi connectivity index (χ0n) is 27.5. The summed E-state index contributed by atoms with van der Waals surface area (Å²) in [5.74, 6) is -1.04. The van der Waals surface area contributed by atoms with Crippen molar-refractivity contribution in [3.8, 4) is 0 Å². The number of nitrogens with zero attached hydrogens (tertiary/aromatic N) is 3. The average Bonchev–Trinajstić information content (AvgIpc) is 3.69. The number of fused-ring (bicyclic) bond motifs is 3. The molecule has 1 N–H and O–H groups in total. The third-order valence-electron chi connectivity index (χ3n) is 10.8. The van der Waals surface area contributed by atoms with E-state index in [-0.39, 0.29) is 37.3 Å². The number of hydrogen-bond donors (Lipinski definition) is 1. The molecule has 0 unspecified atom stereocenters. The fourth-order valence-corrected chi connectivity index (χ4v) is 11.3. The second-order valence-electron chi connectivity index (χ2n) is 14.2. The second-order valence-corrected chi connectivity index (χ2v) is 18.4. The molecule has 5 atom stereocenters. The first-order chi connectivity index (χ1) is 22.9. The van der Waals surface area contributed by atoms with Crippen LogP contribution in [0.4, 0.5) is 15.5 Å². The van der Waals surface area contributed by atoms with E-state index in [4.69, 9.17) is 16.3 Å². The number of hydrogen-bond acceptors (Lipinski definition) is 5. The molecule has 8 nitrogen and oxygen atoms in total. The number of ether oxygens (including phenoxy) is 1. The van der Waals surface area contributed by atoms with Gasteiger partial charge in [0.15, 0.2) is 5.60 Å². The highest BCUT2D eigenvalue weighted by Gasteiger charge is 2.67. The number of halogens is 2. The second kappa shape index (κ2) is 12.4. The highest BCUT2D eigenvalue weighted by Crippen LogP contribution is 2.60. The standard InChI is InChI=1S/C37H41ClFN3O5Si/c1-23-35(48(2,3)39)32(19-34(45)41-21-26-10-5-4-9-25(26)17-29(41)22-43)47-37(23)30-18-27(38)13-14-31(30)42(36(37)46)20-24-8-6-11-28(16-24)40-15-7-12-33(40)44/h4-6,8-11,13-14,16,18,23,29,32,35,43H,7,12,15,17,19-22H2,1-3H3/t23-,29-,32+,35-,37+/m0/s1. The van der Waals surface area contributed by atoms with Crippen LogP contribution in [0.3, 0.4) is 0 Å². The van der Waals surface area contributed by atoms with Crippen LogP contribution < -0.4 is 9.80 Å². The molecule has 48 heavy (non-hydrogen) atoms. The van der Waals surface area contributed by atoms with Gasteiger partial charge in [0.25, 0.3) is 5.91 Å². The molecule has 4 heterocycles. The van der Waals surface area contributed by atoms with E-state index in [1.165, 1.54) is 0 Å². The Labute approximate surface area is 286 Å². The average molecular weight is 690 g/mol. The lowest BCUT2D eigenvalue weighted by Crippen LogP contribution is -2.48. The molecular weight excluding hydrogens is 649 g/mol. The number of amides is 3. The van der Waals surface area contributed by atoms with Gasteiger partial charge in [0.05, 0.1) is 37.4 Å². The number of aliphatic hydroxyl groups excluding tert-OH is 1. The van der Waals surface area contributed by atoms with E-state index < -0.39 is 37.6 Å². The van der Waals surface area contributed by atoms with Gasteiger partial charge in [-0.2, -0.15) is 0 Å². The van der Waals surface area contributed by atoms with Crippen molar-refractivity contribution < 1.29 is 28.3 Å². The van der Waals surface area contributed by atoms with Gasteiger partial charge in [0.1, 0.15) is 0 Å². The maximum Gasteiger partial charge on any atom is 0.264 e. The Hall–Kier alpha value is -3.57. The molecule has 1 spiro atoms. The fourth-order valence-electron chi connectivity index (χ4n) is 8.63. The van der Waals surface area contributed by atoms with Crippen molar-refractivity contribution >= 4 is 49.1 Å². The molecule has 0 aliphatic carbocycles. The number of aliphatic hydroxyl groups is 1. The zero-order chi connectivity index (χ0) is 34.0. The van der Waals surface area contributed by atoms with Crippen molar-refractivity contribution in [1.29, 1.82) is 0 Å². The van der Waals surface area contributed by atoms with Crippen LogP contribution in [0.5, 0.6) is 0 Å². The molecule has 0 saturated carbocycles. The van der Waals surface area contributed by atoms with Crippen molar-refractivity contribution in [3.05, 3.63) is 94.0 Å². The Morgan fingerprint density at radius 3 is 2.56 bits per heavy atom. The van der Waals surface area contributed by atoms with Gasteiger partial charge in [-0.1, -0.05) is 54.9 Å². The molecule has 0 bridgehead atoms. The van der Waals surface area contributed by atoms with E-state index in [9.17, 15) is 19.5 Å².